The zero-order valence-corrected chi connectivity index (χ0v) is 11.1. The fourth-order valence-corrected chi connectivity index (χ4v) is 2.74. The highest BCUT2D eigenvalue weighted by Gasteiger charge is 2.42. The minimum Gasteiger partial charge on any atom is -0.377 e. The van der Waals surface area contributed by atoms with E-state index in [2.05, 4.69) is 38.3 Å². The summed E-state index contributed by atoms with van der Waals surface area (Å²) in [6, 6.07) is 0.215. The second-order valence-electron chi connectivity index (χ2n) is 5.31. The highest BCUT2D eigenvalue weighted by Crippen LogP contribution is 2.36. The van der Waals surface area contributed by atoms with Crippen molar-refractivity contribution in [3.8, 4) is 0 Å². The third-order valence-electron chi connectivity index (χ3n) is 3.81. The molecule has 0 radical (unpaired) electrons. The number of nitrogens with zero attached hydrogens (tertiary/aromatic N) is 1. The van der Waals surface area contributed by atoms with E-state index in [0.29, 0.717) is 6.61 Å². The number of likely N-dealkylation sites (N-methyl/N-ethyl adjacent to an activating group) is 1. The number of nitrogens with two attached hydrogens (primary N) is 1. The van der Waals surface area contributed by atoms with Gasteiger partial charge in [0, 0.05) is 5.54 Å². The molecule has 0 aliphatic heterocycles. The SMILES string of the molecule is CC(C)OCC(NN)C1(N(C)C)CCCC1. The van der Waals surface area contributed by atoms with Gasteiger partial charge in [-0.15, -0.1) is 0 Å². The molecule has 1 unspecified atom stereocenters. The van der Waals surface area contributed by atoms with Crippen LogP contribution in [0.4, 0.5) is 0 Å². The Hall–Kier alpha value is -0.160. The lowest BCUT2D eigenvalue weighted by molar-refractivity contribution is 0.00812. The van der Waals surface area contributed by atoms with E-state index in [1.54, 1.807) is 0 Å². The van der Waals surface area contributed by atoms with Crippen LogP contribution >= 0.6 is 0 Å². The Morgan fingerprint density at radius 3 is 2.25 bits per heavy atom. The summed E-state index contributed by atoms with van der Waals surface area (Å²) in [7, 11) is 4.29. The van der Waals surface area contributed by atoms with Crippen LogP contribution in [0.3, 0.4) is 0 Å². The third-order valence-corrected chi connectivity index (χ3v) is 3.81. The Bertz CT molecular complexity index is 200. The second-order valence-corrected chi connectivity index (χ2v) is 5.31. The molecule has 4 heteroatoms. The topological polar surface area (TPSA) is 50.5 Å². The number of nitrogens with one attached hydrogen (secondary N) is 1. The Balaban J connectivity index is 2.66. The number of hydrogen-bond donors (Lipinski definition) is 2. The van der Waals surface area contributed by atoms with Crippen molar-refractivity contribution in [1.82, 2.24) is 10.3 Å². The van der Waals surface area contributed by atoms with Crippen LogP contribution in [0.5, 0.6) is 0 Å². The van der Waals surface area contributed by atoms with E-state index in [9.17, 15) is 0 Å². The molecule has 0 aromatic rings. The second kappa shape index (κ2) is 5.96. The van der Waals surface area contributed by atoms with Gasteiger partial charge in [-0.25, -0.2) is 0 Å². The van der Waals surface area contributed by atoms with Crippen LogP contribution in [0.1, 0.15) is 39.5 Å². The lowest BCUT2D eigenvalue weighted by Gasteiger charge is -2.43. The molecule has 1 rings (SSSR count). The van der Waals surface area contributed by atoms with E-state index in [1.165, 1.54) is 25.7 Å². The highest BCUT2D eigenvalue weighted by molar-refractivity contribution is 5.01. The van der Waals surface area contributed by atoms with Gasteiger partial charge in [-0.05, 0) is 40.8 Å². The molecule has 1 saturated carbocycles. The predicted octanol–water partition coefficient (Wildman–Crippen LogP) is 1.12. The molecule has 0 aromatic carbocycles. The zero-order chi connectivity index (χ0) is 12.2. The van der Waals surface area contributed by atoms with Gasteiger partial charge in [-0.2, -0.15) is 0 Å². The first-order valence-corrected chi connectivity index (χ1v) is 6.28. The molecular weight excluding hydrogens is 202 g/mol. The molecule has 1 aliphatic carbocycles. The van der Waals surface area contributed by atoms with Crippen LogP contribution < -0.4 is 11.3 Å². The van der Waals surface area contributed by atoms with E-state index in [1.807, 2.05) is 0 Å². The van der Waals surface area contributed by atoms with Crippen LogP contribution in [-0.4, -0.2) is 43.3 Å². The standard InChI is InChI=1S/C12H27N3O/c1-10(2)16-9-11(14-13)12(15(3)4)7-5-6-8-12/h10-11,14H,5-9,13H2,1-4H3. The van der Waals surface area contributed by atoms with E-state index >= 15 is 0 Å². The number of hydrogen-bond acceptors (Lipinski definition) is 4. The fourth-order valence-electron chi connectivity index (χ4n) is 2.74. The van der Waals surface area contributed by atoms with Gasteiger partial charge in [0.25, 0.3) is 0 Å². The monoisotopic (exact) mass is 229 g/mol. The number of rotatable bonds is 6. The zero-order valence-electron chi connectivity index (χ0n) is 11.1. The Labute approximate surface area is 99.5 Å². The molecule has 0 heterocycles. The van der Waals surface area contributed by atoms with Crippen LogP contribution in [0.25, 0.3) is 0 Å². The molecule has 3 N–H and O–H groups in total. The molecule has 4 nitrogen and oxygen atoms in total. The summed E-state index contributed by atoms with van der Waals surface area (Å²) in [6.45, 7) is 4.81. The molecule has 16 heavy (non-hydrogen) atoms. The first-order valence-electron chi connectivity index (χ1n) is 6.28. The van der Waals surface area contributed by atoms with Crippen molar-refractivity contribution in [2.24, 2.45) is 5.84 Å². The van der Waals surface area contributed by atoms with E-state index in [0.717, 1.165) is 0 Å². The summed E-state index contributed by atoms with van der Waals surface area (Å²) in [5.41, 5.74) is 3.13. The molecule has 0 aromatic heterocycles. The molecule has 0 saturated heterocycles. The Morgan fingerprint density at radius 1 is 1.31 bits per heavy atom. The first kappa shape index (κ1) is 13.9. The van der Waals surface area contributed by atoms with Crippen molar-refractivity contribution in [1.29, 1.82) is 0 Å². The average molecular weight is 229 g/mol. The quantitative estimate of drug-likeness (QED) is 0.529. The lowest BCUT2D eigenvalue weighted by atomic mass is 9.87. The highest BCUT2D eigenvalue weighted by atomic mass is 16.5. The Kier molecular flexibility index (Phi) is 5.18. The summed E-state index contributed by atoms with van der Waals surface area (Å²) < 4.78 is 5.71. The summed E-state index contributed by atoms with van der Waals surface area (Å²) in [5, 5.41) is 0. The maximum atomic E-state index is 5.71. The van der Waals surface area contributed by atoms with E-state index in [4.69, 9.17) is 10.6 Å². The lowest BCUT2D eigenvalue weighted by Crippen LogP contribution is -2.61. The normalized spacial score (nSPS) is 21.9. The molecule has 1 fully saturated rings. The summed E-state index contributed by atoms with van der Waals surface area (Å²) >= 11 is 0. The maximum Gasteiger partial charge on any atom is 0.0654 e. The largest absolute Gasteiger partial charge is 0.377 e. The van der Waals surface area contributed by atoms with Crippen LogP contribution in [0.15, 0.2) is 0 Å². The molecule has 1 atom stereocenters. The van der Waals surface area contributed by atoms with Crippen molar-refractivity contribution in [3.63, 3.8) is 0 Å². The fraction of sp³-hybridized carbons (Fsp3) is 1.00. The maximum absolute atomic E-state index is 5.71. The van der Waals surface area contributed by atoms with Crippen molar-refractivity contribution in [3.05, 3.63) is 0 Å². The summed E-state index contributed by atoms with van der Waals surface area (Å²) in [4.78, 5) is 2.31. The van der Waals surface area contributed by atoms with Crippen LogP contribution in [-0.2, 0) is 4.74 Å². The molecule has 0 spiro atoms. The van der Waals surface area contributed by atoms with Gasteiger partial charge < -0.3 is 9.64 Å². The number of hydrazine groups is 1. The smallest absolute Gasteiger partial charge is 0.0654 e. The predicted molar refractivity (Wildman–Crippen MR) is 67.1 cm³/mol. The summed E-state index contributed by atoms with van der Waals surface area (Å²) in [6.07, 6.45) is 5.25. The molecule has 96 valence electrons. The first-order chi connectivity index (χ1) is 7.53. The molecule has 1 aliphatic rings. The van der Waals surface area contributed by atoms with Gasteiger partial charge >= 0.3 is 0 Å². The number of ether oxygens (including phenoxy) is 1. The minimum absolute atomic E-state index is 0.170. The molecular formula is C12H27N3O. The van der Waals surface area contributed by atoms with Crippen molar-refractivity contribution in [2.45, 2.75) is 57.2 Å². The molecule has 0 amide bonds. The van der Waals surface area contributed by atoms with E-state index < -0.39 is 0 Å². The molecule has 0 bridgehead atoms. The van der Waals surface area contributed by atoms with Gasteiger partial charge in [-0.3, -0.25) is 11.3 Å². The minimum atomic E-state index is 0.170. The van der Waals surface area contributed by atoms with Crippen molar-refractivity contribution in [2.75, 3.05) is 20.7 Å². The van der Waals surface area contributed by atoms with Crippen molar-refractivity contribution >= 4 is 0 Å². The van der Waals surface area contributed by atoms with Crippen LogP contribution in [0, 0.1) is 0 Å². The van der Waals surface area contributed by atoms with Gasteiger partial charge in [-0.1, -0.05) is 12.8 Å². The van der Waals surface area contributed by atoms with Gasteiger partial charge in [0.05, 0.1) is 18.8 Å². The van der Waals surface area contributed by atoms with Gasteiger partial charge in [0.1, 0.15) is 0 Å². The third kappa shape index (κ3) is 2.94. The van der Waals surface area contributed by atoms with Crippen LogP contribution in [0.2, 0.25) is 0 Å². The average Bonchev–Trinajstić information content (AvgIpc) is 2.68. The van der Waals surface area contributed by atoms with Gasteiger partial charge in [0.2, 0.25) is 0 Å². The van der Waals surface area contributed by atoms with E-state index in [-0.39, 0.29) is 17.7 Å². The Morgan fingerprint density at radius 2 is 1.88 bits per heavy atom. The van der Waals surface area contributed by atoms with Gasteiger partial charge in [0.15, 0.2) is 0 Å². The summed E-state index contributed by atoms with van der Waals surface area (Å²) in [5.74, 6) is 5.71. The van der Waals surface area contributed by atoms with Crippen molar-refractivity contribution < 1.29 is 4.74 Å².